The van der Waals surface area contributed by atoms with Gasteiger partial charge in [0.05, 0.1) is 24.6 Å². The van der Waals surface area contributed by atoms with Crippen LogP contribution in [0.25, 0.3) is 5.69 Å². The first-order valence-electron chi connectivity index (χ1n) is 10.2. The number of rotatable bonds is 8. The molecule has 32 heavy (non-hydrogen) atoms. The topological polar surface area (TPSA) is 64.8 Å². The highest BCUT2D eigenvalue weighted by molar-refractivity contribution is 5.98. The molecule has 0 spiro atoms. The van der Waals surface area contributed by atoms with Gasteiger partial charge in [-0.1, -0.05) is 48.5 Å². The number of aromatic nitrogens is 1. The van der Waals surface area contributed by atoms with E-state index in [0.717, 1.165) is 11.3 Å². The first kappa shape index (κ1) is 20.9. The summed E-state index contributed by atoms with van der Waals surface area (Å²) >= 11 is 0. The van der Waals surface area contributed by atoms with Crippen molar-refractivity contribution in [1.29, 1.82) is 0 Å². The molecule has 0 bridgehead atoms. The summed E-state index contributed by atoms with van der Waals surface area (Å²) in [5, 5.41) is 4.16. The standard InChI is InChI=1S/C26H23N3O3/c1-31-24-15-9-12-21(25(24)32-19-20-10-3-2-4-11-20)18-27-28-26(30)22-13-5-6-14-23(22)29-16-7-8-17-29/h2-18H,19H2,1H3,(H,28,30)/b27-18+. The molecule has 0 saturated carbocycles. The van der Waals surface area contributed by atoms with Crippen molar-refractivity contribution >= 4 is 12.1 Å². The van der Waals surface area contributed by atoms with Gasteiger partial charge in [-0.15, -0.1) is 0 Å². The lowest BCUT2D eigenvalue weighted by Crippen LogP contribution is -2.19. The van der Waals surface area contributed by atoms with E-state index < -0.39 is 0 Å². The van der Waals surface area contributed by atoms with E-state index in [1.807, 2.05) is 95.8 Å². The molecule has 1 N–H and O–H groups in total. The quantitative estimate of drug-likeness (QED) is 0.325. The number of carbonyl (C=O) groups is 1. The predicted molar refractivity (Wildman–Crippen MR) is 125 cm³/mol. The number of carbonyl (C=O) groups excluding carboxylic acids is 1. The van der Waals surface area contributed by atoms with E-state index in [2.05, 4.69) is 10.5 Å². The Morgan fingerprint density at radius 2 is 1.69 bits per heavy atom. The van der Waals surface area contributed by atoms with Crippen LogP contribution >= 0.6 is 0 Å². The molecule has 0 saturated heterocycles. The van der Waals surface area contributed by atoms with Crippen molar-refractivity contribution in [3.63, 3.8) is 0 Å². The normalized spacial score (nSPS) is 10.8. The number of hydrogen-bond donors (Lipinski definition) is 1. The van der Waals surface area contributed by atoms with E-state index in [4.69, 9.17) is 9.47 Å². The molecule has 1 amide bonds. The number of para-hydroxylation sites is 2. The Morgan fingerprint density at radius 3 is 2.47 bits per heavy atom. The van der Waals surface area contributed by atoms with Gasteiger partial charge < -0.3 is 14.0 Å². The lowest BCUT2D eigenvalue weighted by Gasteiger charge is -2.13. The second-order valence-corrected chi connectivity index (χ2v) is 6.96. The maximum Gasteiger partial charge on any atom is 0.273 e. The smallest absolute Gasteiger partial charge is 0.273 e. The van der Waals surface area contributed by atoms with Crippen LogP contribution in [0.3, 0.4) is 0 Å². The van der Waals surface area contributed by atoms with E-state index in [0.29, 0.717) is 29.2 Å². The molecule has 0 aliphatic heterocycles. The van der Waals surface area contributed by atoms with Crippen molar-refractivity contribution in [1.82, 2.24) is 9.99 Å². The van der Waals surface area contributed by atoms with Gasteiger partial charge in [-0.3, -0.25) is 4.79 Å². The third-order valence-electron chi connectivity index (χ3n) is 4.86. The van der Waals surface area contributed by atoms with Crippen LogP contribution in [-0.2, 0) is 6.61 Å². The molecule has 1 aromatic heterocycles. The third-order valence-corrected chi connectivity index (χ3v) is 4.86. The summed E-state index contributed by atoms with van der Waals surface area (Å²) in [4.78, 5) is 12.8. The zero-order chi connectivity index (χ0) is 22.2. The van der Waals surface area contributed by atoms with Crippen molar-refractivity contribution in [2.45, 2.75) is 6.61 Å². The van der Waals surface area contributed by atoms with Crippen LogP contribution in [0.4, 0.5) is 0 Å². The Balaban J connectivity index is 1.51. The number of nitrogens with one attached hydrogen (secondary N) is 1. The molecule has 0 aliphatic carbocycles. The van der Waals surface area contributed by atoms with Crippen LogP contribution in [0.5, 0.6) is 11.5 Å². The molecular formula is C26H23N3O3. The zero-order valence-electron chi connectivity index (χ0n) is 17.6. The van der Waals surface area contributed by atoms with Crippen LogP contribution in [0.2, 0.25) is 0 Å². The molecule has 6 nitrogen and oxygen atoms in total. The summed E-state index contributed by atoms with van der Waals surface area (Å²) in [5.74, 6) is 0.846. The average Bonchev–Trinajstić information content (AvgIpc) is 3.38. The minimum atomic E-state index is -0.305. The first-order valence-corrected chi connectivity index (χ1v) is 10.2. The number of benzene rings is 3. The summed E-state index contributed by atoms with van der Waals surface area (Å²) < 4.78 is 13.4. The van der Waals surface area contributed by atoms with Gasteiger partial charge in [0.2, 0.25) is 0 Å². The highest BCUT2D eigenvalue weighted by atomic mass is 16.5. The molecule has 4 aromatic rings. The number of hydrogen-bond acceptors (Lipinski definition) is 4. The van der Waals surface area contributed by atoms with Crippen LogP contribution in [0, 0.1) is 0 Å². The minimum absolute atomic E-state index is 0.305. The molecule has 1 heterocycles. The van der Waals surface area contributed by atoms with Crippen molar-refractivity contribution in [3.05, 3.63) is 114 Å². The molecule has 0 aliphatic rings. The van der Waals surface area contributed by atoms with Crippen molar-refractivity contribution < 1.29 is 14.3 Å². The SMILES string of the molecule is COc1cccc(/C=N/NC(=O)c2ccccc2-n2cccc2)c1OCc1ccccc1. The molecule has 0 radical (unpaired) electrons. The van der Waals surface area contributed by atoms with Gasteiger partial charge in [-0.2, -0.15) is 5.10 Å². The number of hydrazone groups is 1. The second kappa shape index (κ2) is 10.1. The Labute approximate surface area is 186 Å². The van der Waals surface area contributed by atoms with E-state index in [1.165, 1.54) is 0 Å². The zero-order valence-corrected chi connectivity index (χ0v) is 17.6. The average molecular weight is 425 g/mol. The number of ether oxygens (including phenoxy) is 2. The Bertz CT molecular complexity index is 1200. The lowest BCUT2D eigenvalue weighted by molar-refractivity contribution is 0.0955. The van der Waals surface area contributed by atoms with Crippen LogP contribution in [0.1, 0.15) is 21.5 Å². The molecule has 160 valence electrons. The van der Waals surface area contributed by atoms with E-state index in [9.17, 15) is 4.79 Å². The number of nitrogens with zero attached hydrogens (tertiary/aromatic N) is 2. The summed E-state index contributed by atoms with van der Waals surface area (Å²) in [6, 6.07) is 26.6. The van der Waals surface area contributed by atoms with Gasteiger partial charge >= 0.3 is 0 Å². The first-order chi connectivity index (χ1) is 15.8. The summed E-state index contributed by atoms with van der Waals surface area (Å²) in [5.41, 5.74) is 5.64. The molecular weight excluding hydrogens is 402 g/mol. The monoisotopic (exact) mass is 425 g/mol. The van der Waals surface area contributed by atoms with Crippen LogP contribution in [-0.4, -0.2) is 23.8 Å². The maximum absolute atomic E-state index is 12.8. The molecule has 0 unspecified atom stereocenters. The van der Waals surface area contributed by atoms with Crippen LogP contribution < -0.4 is 14.9 Å². The van der Waals surface area contributed by atoms with Crippen molar-refractivity contribution in [2.24, 2.45) is 5.10 Å². The van der Waals surface area contributed by atoms with Crippen molar-refractivity contribution in [2.75, 3.05) is 7.11 Å². The van der Waals surface area contributed by atoms with Gasteiger partial charge in [-0.05, 0) is 42.0 Å². The third kappa shape index (κ3) is 4.87. The molecule has 4 rings (SSSR count). The fourth-order valence-electron chi connectivity index (χ4n) is 3.29. The number of amides is 1. The van der Waals surface area contributed by atoms with Gasteiger partial charge in [0.25, 0.3) is 5.91 Å². The van der Waals surface area contributed by atoms with Gasteiger partial charge in [0.15, 0.2) is 11.5 Å². The van der Waals surface area contributed by atoms with Gasteiger partial charge in [-0.25, -0.2) is 5.43 Å². The molecule has 0 fully saturated rings. The second-order valence-electron chi connectivity index (χ2n) is 6.96. The summed E-state index contributed by atoms with van der Waals surface area (Å²) in [6.07, 6.45) is 5.34. The lowest BCUT2D eigenvalue weighted by atomic mass is 10.1. The summed E-state index contributed by atoms with van der Waals surface area (Å²) in [6.45, 7) is 0.388. The highest BCUT2D eigenvalue weighted by Crippen LogP contribution is 2.30. The van der Waals surface area contributed by atoms with Crippen molar-refractivity contribution in [3.8, 4) is 17.2 Å². The molecule has 3 aromatic carbocycles. The Morgan fingerprint density at radius 1 is 0.938 bits per heavy atom. The Hall–Kier alpha value is -4.32. The number of methoxy groups -OCH3 is 1. The van der Waals surface area contributed by atoms with E-state index in [-0.39, 0.29) is 5.91 Å². The fourth-order valence-corrected chi connectivity index (χ4v) is 3.29. The Kier molecular flexibility index (Phi) is 6.63. The predicted octanol–water partition coefficient (Wildman–Crippen LogP) is 4.83. The fraction of sp³-hybridized carbons (Fsp3) is 0.0769. The van der Waals surface area contributed by atoms with Gasteiger partial charge in [0.1, 0.15) is 6.61 Å². The largest absolute Gasteiger partial charge is 0.493 e. The van der Waals surface area contributed by atoms with Crippen LogP contribution in [0.15, 0.2) is 102 Å². The minimum Gasteiger partial charge on any atom is -0.493 e. The van der Waals surface area contributed by atoms with E-state index in [1.54, 1.807) is 19.4 Å². The molecule has 6 heteroatoms. The highest BCUT2D eigenvalue weighted by Gasteiger charge is 2.12. The summed E-state index contributed by atoms with van der Waals surface area (Å²) in [7, 11) is 1.59. The van der Waals surface area contributed by atoms with Gasteiger partial charge in [0, 0.05) is 18.0 Å². The maximum atomic E-state index is 12.8. The molecule has 0 atom stereocenters. The van der Waals surface area contributed by atoms with E-state index >= 15 is 0 Å².